The van der Waals surface area contributed by atoms with Crippen LogP contribution >= 0.6 is 0 Å². The van der Waals surface area contributed by atoms with Crippen LogP contribution < -0.4 is 10.1 Å². The molecule has 1 aliphatic heterocycles. The van der Waals surface area contributed by atoms with E-state index in [0.29, 0.717) is 19.4 Å². The van der Waals surface area contributed by atoms with Gasteiger partial charge in [0, 0.05) is 18.7 Å². The van der Waals surface area contributed by atoms with E-state index in [1.54, 1.807) is 0 Å². The maximum atomic E-state index is 13.8. The molecule has 6 nitrogen and oxygen atoms in total. The summed E-state index contributed by atoms with van der Waals surface area (Å²) >= 11 is 0. The molecule has 1 heterocycles. The van der Waals surface area contributed by atoms with E-state index < -0.39 is 30.3 Å². The lowest BCUT2D eigenvalue weighted by molar-refractivity contribution is -0.143. The molecule has 9 heteroatoms. The number of piperidine rings is 1. The van der Waals surface area contributed by atoms with Crippen molar-refractivity contribution >= 4 is 12.0 Å². The molecule has 1 aromatic carbocycles. The highest BCUT2D eigenvalue weighted by Gasteiger charge is 2.28. The van der Waals surface area contributed by atoms with Gasteiger partial charge >= 0.3 is 18.6 Å². The van der Waals surface area contributed by atoms with E-state index >= 15 is 0 Å². The molecule has 0 radical (unpaired) electrons. The molecular weight excluding hydrogens is 329 g/mol. The Bertz CT molecular complexity index is 612. The summed E-state index contributed by atoms with van der Waals surface area (Å²) < 4.78 is 42.7. The average molecular weight is 346 g/mol. The zero-order valence-corrected chi connectivity index (χ0v) is 12.7. The van der Waals surface area contributed by atoms with E-state index in [0.717, 1.165) is 6.07 Å². The monoisotopic (exact) mass is 346 g/mol. The minimum atomic E-state index is -3.11. The van der Waals surface area contributed by atoms with Gasteiger partial charge in [-0.1, -0.05) is 6.07 Å². The van der Waals surface area contributed by atoms with Gasteiger partial charge in [-0.3, -0.25) is 4.79 Å². The van der Waals surface area contributed by atoms with Crippen molar-refractivity contribution in [2.45, 2.75) is 26.0 Å². The Kier molecular flexibility index (Phi) is 5.88. The van der Waals surface area contributed by atoms with E-state index in [2.05, 4.69) is 10.1 Å². The molecule has 0 aromatic heterocycles. The Hall–Kier alpha value is -2.45. The molecule has 0 aliphatic carbocycles. The topological polar surface area (TPSA) is 78.9 Å². The molecule has 0 bridgehead atoms. The second-order valence-corrected chi connectivity index (χ2v) is 5.38. The molecule has 0 spiro atoms. The van der Waals surface area contributed by atoms with Gasteiger partial charge in [0.05, 0.1) is 12.5 Å². The summed E-state index contributed by atoms with van der Waals surface area (Å²) in [5.74, 6) is -2.76. The number of alkyl halides is 2. The van der Waals surface area contributed by atoms with Crippen molar-refractivity contribution < 1.29 is 32.6 Å². The van der Waals surface area contributed by atoms with E-state index in [1.807, 2.05) is 0 Å². The van der Waals surface area contributed by atoms with Crippen molar-refractivity contribution in [3.05, 3.63) is 29.6 Å². The standard InChI is InChI=1S/C15H17F3N2O4/c16-11-4-1-5-12(24-14(17)18)10(11)7-19-15(23)20-6-2-3-9(8-20)13(21)22/h1,4-5,9,14H,2-3,6-8H2,(H,19,23)(H,21,22). The highest BCUT2D eigenvalue weighted by atomic mass is 19.3. The molecule has 1 aromatic rings. The van der Waals surface area contributed by atoms with Crippen molar-refractivity contribution in [3.8, 4) is 5.75 Å². The van der Waals surface area contributed by atoms with Crippen LogP contribution in [0.15, 0.2) is 18.2 Å². The number of hydrogen-bond donors (Lipinski definition) is 2. The zero-order valence-electron chi connectivity index (χ0n) is 12.7. The number of urea groups is 1. The van der Waals surface area contributed by atoms with Gasteiger partial charge in [-0.25, -0.2) is 9.18 Å². The van der Waals surface area contributed by atoms with Crippen molar-refractivity contribution in [2.24, 2.45) is 5.92 Å². The van der Waals surface area contributed by atoms with Crippen LogP contribution in [0.2, 0.25) is 0 Å². The minimum absolute atomic E-state index is 0.0544. The predicted molar refractivity (Wildman–Crippen MR) is 77.2 cm³/mol. The third-order valence-electron chi connectivity index (χ3n) is 3.77. The van der Waals surface area contributed by atoms with Gasteiger partial charge in [-0.05, 0) is 25.0 Å². The van der Waals surface area contributed by atoms with Crippen molar-refractivity contribution in [2.75, 3.05) is 13.1 Å². The summed E-state index contributed by atoms with van der Waals surface area (Å²) in [5, 5.41) is 11.4. The van der Waals surface area contributed by atoms with Gasteiger partial charge in [0.15, 0.2) is 0 Å². The van der Waals surface area contributed by atoms with Crippen LogP contribution in [-0.4, -0.2) is 41.7 Å². The van der Waals surface area contributed by atoms with Crippen molar-refractivity contribution in [3.63, 3.8) is 0 Å². The Balaban J connectivity index is 2.00. The number of carbonyl (C=O) groups is 2. The van der Waals surface area contributed by atoms with Crippen LogP contribution in [0.1, 0.15) is 18.4 Å². The fourth-order valence-electron chi connectivity index (χ4n) is 2.56. The molecule has 1 saturated heterocycles. The Labute approximate surface area is 136 Å². The van der Waals surface area contributed by atoms with Crippen molar-refractivity contribution in [1.29, 1.82) is 0 Å². The quantitative estimate of drug-likeness (QED) is 0.858. The number of rotatable bonds is 5. The molecule has 2 amide bonds. The van der Waals surface area contributed by atoms with E-state index in [-0.39, 0.29) is 24.4 Å². The maximum absolute atomic E-state index is 13.8. The summed E-state index contributed by atoms with van der Waals surface area (Å²) in [6, 6.07) is 2.90. The minimum Gasteiger partial charge on any atom is -0.481 e. The summed E-state index contributed by atoms with van der Waals surface area (Å²) in [7, 11) is 0. The first-order valence-corrected chi connectivity index (χ1v) is 7.36. The first-order chi connectivity index (χ1) is 11.4. The fourth-order valence-corrected chi connectivity index (χ4v) is 2.56. The molecule has 2 N–H and O–H groups in total. The van der Waals surface area contributed by atoms with Crippen LogP contribution in [0.25, 0.3) is 0 Å². The average Bonchev–Trinajstić information content (AvgIpc) is 2.53. The van der Waals surface area contributed by atoms with Crippen LogP contribution in [0, 0.1) is 11.7 Å². The van der Waals surface area contributed by atoms with Gasteiger partial charge in [-0.2, -0.15) is 8.78 Å². The molecule has 0 saturated carbocycles. The SMILES string of the molecule is O=C(O)C1CCCN(C(=O)NCc2c(F)cccc2OC(F)F)C1. The second-order valence-electron chi connectivity index (χ2n) is 5.38. The van der Waals surface area contributed by atoms with Crippen LogP contribution in [-0.2, 0) is 11.3 Å². The third-order valence-corrected chi connectivity index (χ3v) is 3.77. The number of carbonyl (C=O) groups excluding carboxylic acids is 1. The number of amides is 2. The lowest BCUT2D eigenvalue weighted by Gasteiger charge is -2.30. The number of likely N-dealkylation sites (tertiary alicyclic amines) is 1. The molecular formula is C15H17F3N2O4. The molecule has 132 valence electrons. The highest BCUT2D eigenvalue weighted by Crippen LogP contribution is 2.23. The number of nitrogens with one attached hydrogen (secondary N) is 1. The molecule has 24 heavy (non-hydrogen) atoms. The summed E-state index contributed by atoms with van der Waals surface area (Å²) in [5.41, 5.74) is -0.196. The van der Waals surface area contributed by atoms with Gasteiger partial charge in [0.25, 0.3) is 0 Å². The third kappa shape index (κ3) is 4.53. The Morgan fingerprint density at radius 2 is 2.17 bits per heavy atom. The number of nitrogens with zero attached hydrogens (tertiary/aromatic N) is 1. The zero-order chi connectivity index (χ0) is 17.7. The summed E-state index contributed by atoms with van der Waals surface area (Å²) in [4.78, 5) is 24.4. The molecule has 1 unspecified atom stereocenters. The second kappa shape index (κ2) is 7.89. The lowest BCUT2D eigenvalue weighted by Crippen LogP contribution is -2.46. The highest BCUT2D eigenvalue weighted by molar-refractivity contribution is 5.76. The summed E-state index contributed by atoms with van der Waals surface area (Å²) in [6.45, 7) is -3.02. The van der Waals surface area contributed by atoms with Gasteiger partial charge in [-0.15, -0.1) is 0 Å². The molecule has 2 rings (SSSR count). The number of halogens is 3. The van der Waals surface area contributed by atoms with Gasteiger partial charge in [0.2, 0.25) is 0 Å². The molecule has 1 aliphatic rings. The van der Waals surface area contributed by atoms with E-state index in [4.69, 9.17) is 5.11 Å². The molecule has 1 fully saturated rings. The van der Waals surface area contributed by atoms with Crippen molar-refractivity contribution in [1.82, 2.24) is 10.2 Å². The first kappa shape index (κ1) is 17.9. The lowest BCUT2D eigenvalue weighted by atomic mass is 9.99. The van der Waals surface area contributed by atoms with E-state index in [9.17, 15) is 22.8 Å². The number of hydrogen-bond acceptors (Lipinski definition) is 3. The number of ether oxygens (including phenoxy) is 1. The maximum Gasteiger partial charge on any atom is 0.387 e. The largest absolute Gasteiger partial charge is 0.481 e. The van der Waals surface area contributed by atoms with Gasteiger partial charge < -0.3 is 20.1 Å². The van der Waals surface area contributed by atoms with Crippen LogP contribution in [0.5, 0.6) is 5.75 Å². The number of benzene rings is 1. The smallest absolute Gasteiger partial charge is 0.387 e. The predicted octanol–water partition coefficient (Wildman–Crippen LogP) is 2.43. The first-order valence-electron chi connectivity index (χ1n) is 7.36. The Morgan fingerprint density at radius 1 is 1.42 bits per heavy atom. The Morgan fingerprint density at radius 3 is 2.83 bits per heavy atom. The summed E-state index contributed by atoms with van der Waals surface area (Å²) in [6.07, 6.45) is 1.03. The number of carboxylic acid groups (broad SMARTS) is 1. The molecule has 1 atom stereocenters. The normalized spacial score (nSPS) is 17.7. The number of aliphatic carboxylic acids is 1. The van der Waals surface area contributed by atoms with E-state index in [1.165, 1.54) is 17.0 Å². The van der Waals surface area contributed by atoms with Crippen LogP contribution in [0.3, 0.4) is 0 Å². The van der Waals surface area contributed by atoms with Gasteiger partial charge in [0.1, 0.15) is 11.6 Å². The van der Waals surface area contributed by atoms with Crippen LogP contribution in [0.4, 0.5) is 18.0 Å². The fraction of sp³-hybridized carbons (Fsp3) is 0.467. The number of carboxylic acids is 1.